The summed E-state index contributed by atoms with van der Waals surface area (Å²) < 4.78 is 0. The first-order valence-electron chi connectivity index (χ1n) is 9.77. The Labute approximate surface area is 154 Å². The Bertz CT molecular complexity index is 774. The van der Waals surface area contributed by atoms with Crippen LogP contribution in [0.25, 0.3) is 11.1 Å². The molecule has 0 saturated carbocycles. The molecule has 3 aliphatic rings. The van der Waals surface area contributed by atoms with E-state index in [2.05, 4.69) is 63.6 Å². The molecular weight excluding hydrogens is 322 g/mol. The van der Waals surface area contributed by atoms with Crippen LogP contribution in [0, 0.1) is 0 Å². The van der Waals surface area contributed by atoms with E-state index in [1.54, 1.807) is 0 Å². The second kappa shape index (κ2) is 6.53. The van der Waals surface area contributed by atoms with E-state index in [4.69, 9.17) is 0 Å². The maximum absolute atomic E-state index is 12.7. The number of rotatable bonds is 2. The molecule has 0 bridgehead atoms. The Morgan fingerprint density at radius 3 is 2.08 bits per heavy atom. The Morgan fingerprint density at radius 2 is 1.50 bits per heavy atom. The van der Waals surface area contributed by atoms with Gasteiger partial charge < -0.3 is 10.2 Å². The van der Waals surface area contributed by atoms with Crippen molar-refractivity contribution in [3.05, 3.63) is 59.7 Å². The molecule has 1 atom stereocenters. The van der Waals surface area contributed by atoms with Crippen molar-refractivity contribution in [1.29, 1.82) is 0 Å². The maximum Gasteiger partial charge on any atom is 0.239 e. The average molecular weight is 347 g/mol. The number of hydrogen-bond acceptors (Lipinski definition) is 3. The molecule has 1 amide bonds. The van der Waals surface area contributed by atoms with E-state index in [9.17, 15) is 4.79 Å². The third-order valence-electron chi connectivity index (χ3n) is 6.15. The Kier molecular flexibility index (Phi) is 4.03. The van der Waals surface area contributed by atoms with Gasteiger partial charge in [-0.25, -0.2) is 0 Å². The van der Waals surface area contributed by atoms with Crippen molar-refractivity contribution < 1.29 is 4.79 Å². The second-order valence-corrected chi connectivity index (χ2v) is 7.59. The molecule has 2 aliphatic heterocycles. The molecule has 26 heavy (non-hydrogen) atoms. The van der Waals surface area contributed by atoms with Crippen molar-refractivity contribution in [2.75, 3.05) is 32.7 Å². The van der Waals surface area contributed by atoms with Crippen LogP contribution in [-0.4, -0.2) is 54.5 Å². The molecule has 2 saturated heterocycles. The molecule has 2 heterocycles. The van der Waals surface area contributed by atoms with Gasteiger partial charge in [-0.1, -0.05) is 48.5 Å². The first kappa shape index (κ1) is 16.0. The van der Waals surface area contributed by atoms with Gasteiger partial charge in [0, 0.05) is 26.2 Å². The summed E-state index contributed by atoms with van der Waals surface area (Å²) in [6.07, 6.45) is 2.11. The van der Waals surface area contributed by atoms with Crippen LogP contribution < -0.4 is 5.32 Å². The highest BCUT2D eigenvalue weighted by Gasteiger charge is 2.36. The zero-order valence-electron chi connectivity index (χ0n) is 15.0. The van der Waals surface area contributed by atoms with Crippen molar-refractivity contribution in [3.63, 3.8) is 0 Å². The van der Waals surface area contributed by atoms with Crippen LogP contribution in [0.2, 0.25) is 0 Å². The van der Waals surface area contributed by atoms with E-state index in [0.717, 1.165) is 45.6 Å². The van der Waals surface area contributed by atoms with E-state index in [-0.39, 0.29) is 6.04 Å². The molecule has 134 valence electrons. The Morgan fingerprint density at radius 1 is 0.885 bits per heavy atom. The molecular formula is C22H25N3O. The molecule has 5 rings (SSSR count). The summed E-state index contributed by atoms with van der Waals surface area (Å²) in [6.45, 7) is 4.51. The number of nitrogens with one attached hydrogen (secondary N) is 1. The maximum atomic E-state index is 12.7. The van der Waals surface area contributed by atoms with Gasteiger partial charge in [0.15, 0.2) is 0 Å². The molecule has 0 radical (unpaired) electrons. The van der Waals surface area contributed by atoms with Crippen LogP contribution in [0.4, 0.5) is 0 Å². The topological polar surface area (TPSA) is 35.6 Å². The minimum atomic E-state index is 0.0504. The van der Waals surface area contributed by atoms with Crippen molar-refractivity contribution >= 4 is 5.91 Å². The van der Waals surface area contributed by atoms with Gasteiger partial charge >= 0.3 is 0 Å². The standard InChI is InChI=1S/C22H25N3O/c26-22(20-10-5-11-23-20)25-14-12-24(13-15-25)21-18-8-3-1-6-16(18)17-7-2-4-9-19(17)21/h1-4,6-9,20-21,23H,5,10-15H2. The smallest absolute Gasteiger partial charge is 0.239 e. The lowest BCUT2D eigenvalue weighted by Crippen LogP contribution is -2.53. The number of amides is 1. The molecule has 1 N–H and O–H groups in total. The third kappa shape index (κ3) is 2.56. The Hall–Kier alpha value is -2.17. The zero-order valence-corrected chi connectivity index (χ0v) is 15.0. The van der Waals surface area contributed by atoms with Crippen LogP contribution in [0.15, 0.2) is 48.5 Å². The van der Waals surface area contributed by atoms with Crippen LogP contribution in [0.3, 0.4) is 0 Å². The van der Waals surface area contributed by atoms with Crippen molar-refractivity contribution in [2.24, 2.45) is 0 Å². The van der Waals surface area contributed by atoms with E-state index in [0.29, 0.717) is 11.9 Å². The number of carbonyl (C=O) groups is 1. The molecule has 0 aromatic heterocycles. The monoisotopic (exact) mass is 347 g/mol. The van der Waals surface area contributed by atoms with E-state index >= 15 is 0 Å². The fourth-order valence-corrected chi connectivity index (χ4v) is 4.84. The fraction of sp³-hybridized carbons (Fsp3) is 0.409. The van der Waals surface area contributed by atoms with Gasteiger partial charge in [-0.15, -0.1) is 0 Å². The van der Waals surface area contributed by atoms with Gasteiger partial charge in [0.2, 0.25) is 5.91 Å². The molecule has 1 unspecified atom stereocenters. The minimum absolute atomic E-state index is 0.0504. The SMILES string of the molecule is O=C(C1CCCN1)N1CCN(C2c3ccccc3-c3ccccc32)CC1. The normalized spacial score (nSPS) is 23.1. The van der Waals surface area contributed by atoms with Gasteiger partial charge in [0.05, 0.1) is 12.1 Å². The lowest BCUT2D eigenvalue weighted by molar-refractivity contribution is -0.135. The number of fused-ring (bicyclic) bond motifs is 3. The average Bonchev–Trinajstić information content (AvgIpc) is 3.34. The number of nitrogens with zero attached hydrogens (tertiary/aromatic N) is 2. The molecule has 0 spiro atoms. The summed E-state index contributed by atoms with van der Waals surface area (Å²) in [6, 6.07) is 17.9. The van der Waals surface area contributed by atoms with Gasteiger partial charge in [0.25, 0.3) is 0 Å². The predicted molar refractivity (Wildman–Crippen MR) is 103 cm³/mol. The van der Waals surface area contributed by atoms with Crippen LogP contribution >= 0.6 is 0 Å². The predicted octanol–water partition coefficient (Wildman–Crippen LogP) is 2.65. The van der Waals surface area contributed by atoms with Crippen LogP contribution in [0.1, 0.15) is 30.0 Å². The lowest BCUT2D eigenvalue weighted by Gasteiger charge is -2.39. The first-order chi connectivity index (χ1) is 12.8. The summed E-state index contributed by atoms with van der Waals surface area (Å²) in [4.78, 5) is 17.3. The molecule has 4 nitrogen and oxygen atoms in total. The summed E-state index contributed by atoms with van der Waals surface area (Å²) in [7, 11) is 0. The summed E-state index contributed by atoms with van der Waals surface area (Å²) in [5.74, 6) is 0.300. The minimum Gasteiger partial charge on any atom is -0.339 e. The van der Waals surface area contributed by atoms with Crippen molar-refractivity contribution in [1.82, 2.24) is 15.1 Å². The highest BCUT2D eigenvalue weighted by molar-refractivity contribution is 5.82. The lowest BCUT2D eigenvalue weighted by atomic mass is 10.0. The fourth-order valence-electron chi connectivity index (χ4n) is 4.84. The molecule has 4 heteroatoms. The largest absolute Gasteiger partial charge is 0.339 e. The van der Waals surface area contributed by atoms with Crippen molar-refractivity contribution in [3.8, 4) is 11.1 Å². The summed E-state index contributed by atoms with van der Waals surface area (Å²) in [5.41, 5.74) is 5.54. The number of carbonyl (C=O) groups excluding carboxylic acids is 1. The summed E-state index contributed by atoms with van der Waals surface area (Å²) in [5, 5.41) is 3.34. The van der Waals surface area contributed by atoms with E-state index < -0.39 is 0 Å². The second-order valence-electron chi connectivity index (χ2n) is 7.59. The molecule has 1 aliphatic carbocycles. The highest BCUT2D eigenvalue weighted by atomic mass is 16.2. The third-order valence-corrected chi connectivity index (χ3v) is 6.15. The van der Waals surface area contributed by atoms with Crippen LogP contribution in [-0.2, 0) is 4.79 Å². The van der Waals surface area contributed by atoms with E-state index in [1.807, 2.05) is 0 Å². The quantitative estimate of drug-likeness (QED) is 0.907. The van der Waals surface area contributed by atoms with Gasteiger partial charge in [-0.3, -0.25) is 9.69 Å². The summed E-state index contributed by atoms with van der Waals surface area (Å²) >= 11 is 0. The Balaban J connectivity index is 1.36. The molecule has 2 fully saturated rings. The number of hydrogen-bond donors (Lipinski definition) is 1. The first-order valence-corrected chi connectivity index (χ1v) is 9.77. The van der Waals surface area contributed by atoms with Crippen molar-refractivity contribution in [2.45, 2.75) is 24.9 Å². The van der Waals surface area contributed by atoms with Crippen LogP contribution in [0.5, 0.6) is 0 Å². The zero-order chi connectivity index (χ0) is 17.5. The number of benzene rings is 2. The van der Waals surface area contributed by atoms with Gasteiger partial charge in [-0.2, -0.15) is 0 Å². The van der Waals surface area contributed by atoms with Gasteiger partial charge in [0.1, 0.15) is 0 Å². The number of piperazine rings is 1. The van der Waals surface area contributed by atoms with Gasteiger partial charge in [-0.05, 0) is 41.6 Å². The molecule has 2 aromatic rings. The van der Waals surface area contributed by atoms with E-state index in [1.165, 1.54) is 22.3 Å². The highest BCUT2D eigenvalue weighted by Crippen LogP contribution is 2.46. The molecule has 2 aromatic carbocycles.